The summed E-state index contributed by atoms with van der Waals surface area (Å²) in [4.78, 5) is 26.1. The number of piperidine rings is 1. The van der Waals surface area contributed by atoms with Gasteiger partial charge in [0.2, 0.25) is 5.91 Å². The second kappa shape index (κ2) is 9.21. The molecular formula is C26H26FN5O2. The van der Waals surface area contributed by atoms with Crippen LogP contribution in [0.2, 0.25) is 0 Å². The molecule has 0 unspecified atom stereocenters. The first-order chi connectivity index (χ1) is 16.6. The Morgan fingerprint density at radius 3 is 2.76 bits per heavy atom. The highest BCUT2D eigenvalue weighted by molar-refractivity contribution is 5.99. The molecule has 1 aliphatic heterocycles. The highest BCUT2D eigenvalue weighted by atomic mass is 19.1. The molecule has 1 fully saturated rings. The Morgan fingerprint density at radius 1 is 1.18 bits per heavy atom. The summed E-state index contributed by atoms with van der Waals surface area (Å²) < 4.78 is 18.9. The zero-order valence-electron chi connectivity index (χ0n) is 19.2. The fraction of sp³-hybridized carbons (Fsp3) is 0.308. The highest BCUT2D eigenvalue weighted by Crippen LogP contribution is 2.35. The summed E-state index contributed by atoms with van der Waals surface area (Å²) >= 11 is 0. The van der Waals surface area contributed by atoms with E-state index in [9.17, 15) is 9.18 Å². The molecule has 0 bridgehead atoms. The minimum Gasteiger partial charge on any atom is -0.355 e. The number of carbonyl (C=O) groups is 1. The van der Waals surface area contributed by atoms with E-state index in [-0.39, 0.29) is 17.6 Å². The predicted octanol–water partition coefficient (Wildman–Crippen LogP) is 4.87. The number of para-hydroxylation sites is 1. The number of benzene rings is 2. The molecule has 4 aromatic rings. The summed E-state index contributed by atoms with van der Waals surface area (Å²) in [5.74, 6) is 0.293. The first-order valence-corrected chi connectivity index (χ1v) is 11.5. The normalized spacial score (nSPS) is 16.1. The van der Waals surface area contributed by atoms with Crippen molar-refractivity contribution in [3.05, 3.63) is 66.2 Å². The molecule has 0 radical (unpaired) electrons. The van der Waals surface area contributed by atoms with Gasteiger partial charge in [-0.3, -0.25) is 4.79 Å². The van der Waals surface area contributed by atoms with Crippen molar-refractivity contribution in [1.82, 2.24) is 15.1 Å². The van der Waals surface area contributed by atoms with Crippen molar-refractivity contribution in [2.45, 2.75) is 26.2 Å². The molecule has 0 N–H and O–H groups in total. The minimum absolute atomic E-state index is 0.0972. The summed E-state index contributed by atoms with van der Waals surface area (Å²) in [6.45, 7) is 3.40. The second-order valence-corrected chi connectivity index (χ2v) is 8.58. The molecule has 2 aromatic heterocycles. The van der Waals surface area contributed by atoms with Crippen LogP contribution in [0.1, 0.15) is 25.3 Å². The number of nitrogens with zero attached hydrogens (tertiary/aromatic N) is 5. The van der Waals surface area contributed by atoms with E-state index in [0.717, 1.165) is 42.6 Å². The first kappa shape index (κ1) is 22.0. The van der Waals surface area contributed by atoms with Gasteiger partial charge >= 0.3 is 0 Å². The predicted molar refractivity (Wildman–Crippen MR) is 129 cm³/mol. The van der Waals surface area contributed by atoms with Gasteiger partial charge in [-0.25, -0.2) is 9.37 Å². The number of fused-ring (bicyclic) bond motifs is 1. The molecule has 7 nitrogen and oxygen atoms in total. The number of amides is 1. The molecule has 1 amide bonds. The average Bonchev–Trinajstić information content (AvgIpc) is 3.32. The maximum Gasteiger partial charge on any atom is 0.263 e. The minimum atomic E-state index is -0.320. The SMILES string of the molecule is CCc1ccccc1N(C)C(=O)[C@H]1CCCN(c2ncnc3onc(-c4ccc(F)cc4)c23)C1. The number of anilines is 2. The molecule has 3 heterocycles. The summed E-state index contributed by atoms with van der Waals surface area (Å²) in [6, 6.07) is 14.1. The van der Waals surface area contributed by atoms with Crippen LogP contribution in [-0.2, 0) is 11.2 Å². The molecule has 1 aliphatic rings. The number of rotatable bonds is 5. The Labute approximate surface area is 197 Å². The van der Waals surface area contributed by atoms with Gasteiger partial charge in [-0.05, 0) is 55.2 Å². The van der Waals surface area contributed by atoms with Gasteiger partial charge in [0.25, 0.3) is 5.71 Å². The van der Waals surface area contributed by atoms with Crippen LogP contribution in [0.25, 0.3) is 22.4 Å². The van der Waals surface area contributed by atoms with Crippen LogP contribution in [0, 0.1) is 11.7 Å². The maximum absolute atomic E-state index is 13.5. The summed E-state index contributed by atoms with van der Waals surface area (Å²) in [5.41, 5.74) is 3.75. The standard InChI is InChI=1S/C26H26FN5O2/c1-3-17-7-4-5-9-21(17)31(2)26(33)19-8-6-14-32(15-19)24-22-23(18-10-12-20(27)13-11-18)30-34-25(22)29-16-28-24/h4-5,7,9-13,16,19H,3,6,8,14-15H2,1-2H3/t19-/m0/s1. The molecule has 1 atom stereocenters. The Balaban J connectivity index is 1.45. The maximum atomic E-state index is 13.5. The van der Waals surface area contributed by atoms with Crippen molar-refractivity contribution in [3.8, 4) is 11.3 Å². The Hall–Kier alpha value is -3.81. The Bertz CT molecular complexity index is 1320. The average molecular weight is 460 g/mol. The fourth-order valence-electron chi connectivity index (χ4n) is 4.72. The number of carbonyl (C=O) groups excluding carboxylic acids is 1. The smallest absolute Gasteiger partial charge is 0.263 e. The molecule has 8 heteroatoms. The van der Waals surface area contributed by atoms with Gasteiger partial charge in [-0.15, -0.1) is 0 Å². The molecule has 0 spiro atoms. The van der Waals surface area contributed by atoms with E-state index >= 15 is 0 Å². The molecule has 34 heavy (non-hydrogen) atoms. The lowest BCUT2D eigenvalue weighted by Crippen LogP contribution is -2.44. The van der Waals surface area contributed by atoms with E-state index in [1.165, 1.54) is 18.5 Å². The lowest BCUT2D eigenvalue weighted by molar-refractivity contribution is -0.122. The summed E-state index contributed by atoms with van der Waals surface area (Å²) in [7, 11) is 1.85. The molecule has 0 saturated carbocycles. The zero-order valence-corrected chi connectivity index (χ0v) is 19.2. The monoisotopic (exact) mass is 459 g/mol. The van der Waals surface area contributed by atoms with E-state index in [4.69, 9.17) is 4.52 Å². The zero-order chi connectivity index (χ0) is 23.7. The van der Waals surface area contributed by atoms with Crippen molar-refractivity contribution in [2.24, 2.45) is 5.92 Å². The van der Waals surface area contributed by atoms with E-state index in [1.807, 2.05) is 25.2 Å². The van der Waals surface area contributed by atoms with E-state index in [1.54, 1.807) is 17.0 Å². The summed E-state index contributed by atoms with van der Waals surface area (Å²) in [6.07, 6.45) is 3.99. The van der Waals surface area contributed by atoms with Crippen LogP contribution in [0.3, 0.4) is 0 Å². The molecule has 5 rings (SSSR count). The number of aryl methyl sites for hydroxylation is 1. The number of aromatic nitrogens is 3. The van der Waals surface area contributed by atoms with Crippen molar-refractivity contribution in [2.75, 3.05) is 29.9 Å². The van der Waals surface area contributed by atoms with Gasteiger partial charge in [0.15, 0.2) is 0 Å². The van der Waals surface area contributed by atoms with Crippen LogP contribution in [0.15, 0.2) is 59.4 Å². The van der Waals surface area contributed by atoms with Crippen molar-refractivity contribution >= 4 is 28.5 Å². The Kier molecular flexibility index (Phi) is 5.96. The van der Waals surface area contributed by atoms with E-state index in [2.05, 4.69) is 33.0 Å². The largest absolute Gasteiger partial charge is 0.355 e. The van der Waals surface area contributed by atoms with Gasteiger partial charge < -0.3 is 14.3 Å². The van der Waals surface area contributed by atoms with Gasteiger partial charge in [0, 0.05) is 31.4 Å². The van der Waals surface area contributed by atoms with Crippen molar-refractivity contribution in [3.63, 3.8) is 0 Å². The first-order valence-electron chi connectivity index (χ1n) is 11.5. The van der Waals surface area contributed by atoms with Crippen molar-refractivity contribution in [1.29, 1.82) is 0 Å². The Morgan fingerprint density at radius 2 is 1.97 bits per heavy atom. The van der Waals surface area contributed by atoms with E-state index < -0.39 is 0 Å². The molecule has 174 valence electrons. The molecule has 2 aromatic carbocycles. The highest BCUT2D eigenvalue weighted by Gasteiger charge is 2.31. The number of halogens is 1. The van der Waals surface area contributed by atoms with Crippen LogP contribution in [-0.4, -0.2) is 41.2 Å². The number of hydrogen-bond donors (Lipinski definition) is 0. The lowest BCUT2D eigenvalue weighted by Gasteiger charge is -2.35. The molecule has 0 aliphatic carbocycles. The third kappa shape index (κ3) is 4.00. The van der Waals surface area contributed by atoms with Gasteiger partial charge in [-0.2, -0.15) is 4.98 Å². The fourth-order valence-corrected chi connectivity index (χ4v) is 4.72. The van der Waals surface area contributed by atoms with Crippen LogP contribution < -0.4 is 9.80 Å². The molecule has 1 saturated heterocycles. The topological polar surface area (TPSA) is 75.4 Å². The third-order valence-corrected chi connectivity index (χ3v) is 6.50. The number of hydrogen-bond acceptors (Lipinski definition) is 6. The van der Waals surface area contributed by atoms with Gasteiger partial charge in [0.05, 0.1) is 5.92 Å². The summed E-state index contributed by atoms with van der Waals surface area (Å²) in [5, 5.41) is 4.86. The quantitative estimate of drug-likeness (QED) is 0.424. The van der Waals surface area contributed by atoms with Gasteiger partial charge in [-0.1, -0.05) is 30.3 Å². The van der Waals surface area contributed by atoms with Crippen LogP contribution in [0.4, 0.5) is 15.9 Å². The third-order valence-electron chi connectivity index (χ3n) is 6.50. The molecular weight excluding hydrogens is 433 g/mol. The van der Waals surface area contributed by atoms with Crippen LogP contribution in [0.5, 0.6) is 0 Å². The van der Waals surface area contributed by atoms with E-state index in [0.29, 0.717) is 29.2 Å². The van der Waals surface area contributed by atoms with Crippen molar-refractivity contribution < 1.29 is 13.7 Å². The second-order valence-electron chi connectivity index (χ2n) is 8.58. The van der Waals surface area contributed by atoms with Crippen LogP contribution >= 0.6 is 0 Å². The van der Waals surface area contributed by atoms with Gasteiger partial charge in [0.1, 0.15) is 29.0 Å². The lowest BCUT2D eigenvalue weighted by atomic mass is 9.95.